The SMILES string of the molecule is C=CCN(C)C(=O)[C@H]1[C@H]2C(=O)N([C@H](CO)c3ccccc3)C(C(=O)N(CC=C)C(C)(C)CC(C)(C)C)C23CC(Br)[C@@H]1S3. The smallest absolute Gasteiger partial charge is 0.247 e. The van der Waals surface area contributed by atoms with Crippen LogP contribution in [0.15, 0.2) is 55.6 Å². The van der Waals surface area contributed by atoms with Gasteiger partial charge in [-0.25, -0.2) is 0 Å². The van der Waals surface area contributed by atoms with Crippen LogP contribution in [0.1, 0.15) is 59.1 Å². The molecular weight excluding hydrogens is 614 g/mol. The summed E-state index contributed by atoms with van der Waals surface area (Å²) in [6.07, 6.45) is 4.73. The summed E-state index contributed by atoms with van der Waals surface area (Å²) in [5, 5.41) is 10.6. The molecule has 3 aliphatic heterocycles. The van der Waals surface area contributed by atoms with Crippen molar-refractivity contribution in [1.29, 1.82) is 0 Å². The number of likely N-dealkylation sites (tertiary alicyclic amines) is 1. The number of amides is 3. The molecule has 3 amide bonds. The fourth-order valence-electron chi connectivity index (χ4n) is 7.84. The molecule has 7 atom stereocenters. The van der Waals surface area contributed by atoms with E-state index >= 15 is 4.79 Å². The first-order chi connectivity index (χ1) is 19.6. The molecule has 1 spiro atoms. The number of aliphatic hydroxyl groups excluding tert-OH is 1. The number of hydrogen-bond acceptors (Lipinski definition) is 5. The molecule has 4 rings (SSSR count). The molecule has 230 valence electrons. The number of aliphatic hydroxyl groups is 1. The molecule has 3 saturated heterocycles. The summed E-state index contributed by atoms with van der Waals surface area (Å²) in [5.74, 6) is -1.76. The lowest BCUT2D eigenvalue weighted by atomic mass is 9.70. The predicted octanol–water partition coefficient (Wildman–Crippen LogP) is 5.06. The summed E-state index contributed by atoms with van der Waals surface area (Å²) in [4.78, 5) is 48.8. The Kier molecular flexibility index (Phi) is 9.47. The predicted molar refractivity (Wildman–Crippen MR) is 173 cm³/mol. The quantitative estimate of drug-likeness (QED) is 0.265. The highest BCUT2D eigenvalue weighted by Crippen LogP contribution is 2.69. The zero-order chi connectivity index (χ0) is 31.2. The first-order valence-corrected chi connectivity index (χ1v) is 16.5. The second-order valence-electron chi connectivity index (χ2n) is 13.8. The fourth-order valence-corrected chi connectivity index (χ4v) is 11.4. The van der Waals surface area contributed by atoms with Gasteiger partial charge in [0.1, 0.15) is 6.04 Å². The maximum absolute atomic E-state index is 15.1. The van der Waals surface area contributed by atoms with Gasteiger partial charge in [0.2, 0.25) is 17.7 Å². The van der Waals surface area contributed by atoms with Crippen LogP contribution in [0.25, 0.3) is 0 Å². The number of nitrogens with zero attached hydrogens (tertiary/aromatic N) is 3. The number of likely N-dealkylation sites (N-methyl/N-ethyl adjacent to an activating group) is 1. The Labute approximate surface area is 263 Å². The Hall–Kier alpha value is -2.10. The van der Waals surface area contributed by atoms with Gasteiger partial charge < -0.3 is 19.8 Å². The van der Waals surface area contributed by atoms with Gasteiger partial charge in [0.05, 0.1) is 29.2 Å². The zero-order valence-electron chi connectivity index (χ0n) is 25.8. The molecule has 7 nitrogen and oxygen atoms in total. The average Bonchev–Trinajstić information content (AvgIpc) is 3.50. The van der Waals surface area contributed by atoms with E-state index in [0.29, 0.717) is 19.5 Å². The van der Waals surface area contributed by atoms with Crippen molar-refractivity contribution >= 4 is 45.4 Å². The lowest BCUT2D eigenvalue weighted by molar-refractivity contribution is -0.149. The van der Waals surface area contributed by atoms with Crippen LogP contribution in [0.3, 0.4) is 0 Å². The van der Waals surface area contributed by atoms with Gasteiger partial charge in [-0.15, -0.1) is 24.9 Å². The van der Waals surface area contributed by atoms with Crippen molar-refractivity contribution in [2.75, 3.05) is 26.7 Å². The lowest BCUT2D eigenvalue weighted by Gasteiger charge is -2.46. The van der Waals surface area contributed by atoms with Crippen LogP contribution in [-0.2, 0) is 14.4 Å². The highest BCUT2D eigenvalue weighted by atomic mass is 79.9. The molecule has 1 aromatic carbocycles. The average molecular weight is 661 g/mol. The highest BCUT2D eigenvalue weighted by molar-refractivity contribution is 9.09. The second-order valence-corrected chi connectivity index (χ2v) is 16.5. The van der Waals surface area contributed by atoms with Gasteiger partial charge in [-0.3, -0.25) is 14.4 Å². The summed E-state index contributed by atoms with van der Waals surface area (Å²) in [6.45, 7) is 18.7. The molecule has 42 heavy (non-hydrogen) atoms. The largest absolute Gasteiger partial charge is 0.394 e. The van der Waals surface area contributed by atoms with Gasteiger partial charge >= 0.3 is 0 Å². The van der Waals surface area contributed by atoms with Crippen molar-refractivity contribution in [2.24, 2.45) is 17.3 Å². The number of alkyl halides is 1. The third-order valence-corrected chi connectivity index (χ3v) is 12.2. The zero-order valence-corrected chi connectivity index (χ0v) is 28.2. The van der Waals surface area contributed by atoms with E-state index < -0.39 is 34.2 Å². The second kappa shape index (κ2) is 12.1. The summed E-state index contributed by atoms with van der Waals surface area (Å²) in [6, 6.07) is 7.81. The minimum atomic E-state index is -0.857. The standard InChI is InChI=1S/C33H46BrN3O4S/c1-9-16-35(8)28(39)24-25-29(40)37(23(19-38)21-14-12-11-13-15-21)27(33(25)18-22(34)26(24)42-33)30(41)36(17-10-2)32(6,7)20-31(3,4)5/h9-15,22-27,38H,1-2,16-20H2,3-8H3/t22?,23-,24+,25+,26+,27?,33?/m1/s1. The molecule has 3 unspecified atom stereocenters. The maximum atomic E-state index is 15.1. The van der Waals surface area contributed by atoms with Crippen LogP contribution in [0, 0.1) is 17.3 Å². The third kappa shape index (κ3) is 5.61. The van der Waals surface area contributed by atoms with E-state index in [2.05, 4.69) is 63.7 Å². The number of halogens is 1. The summed E-state index contributed by atoms with van der Waals surface area (Å²) >= 11 is 5.47. The molecule has 0 radical (unpaired) electrons. The van der Waals surface area contributed by atoms with Crippen LogP contribution in [0.4, 0.5) is 0 Å². The molecule has 9 heteroatoms. The minimum absolute atomic E-state index is 0.0346. The van der Waals surface area contributed by atoms with E-state index in [9.17, 15) is 14.7 Å². The van der Waals surface area contributed by atoms with E-state index in [4.69, 9.17) is 0 Å². The van der Waals surface area contributed by atoms with E-state index in [0.717, 1.165) is 12.0 Å². The Bertz CT molecular complexity index is 1220. The summed E-state index contributed by atoms with van der Waals surface area (Å²) in [5.41, 5.74) is 0.165. The number of rotatable bonds is 11. The third-order valence-electron chi connectivity index (χ3n) is 8.99. The maximum Gasteiger partial charge on any atom is 0.247 e. The highest BCUT2D eigenvalue weighted by Gasteiger charge is 2.76. The Balaban J connectivity index is 1.89. The van der Waals surface area contributed by atoms with Crippen molar-refractivity contribution < 1.29 is 19.5 Å². The lowest BCUT2D eigenvalue weighted by Crippen LogP contribution is -2.60. The van der Waals surface area contributed by atoms with Crippen LogP contribution in [0.2, 0.25) is 0 Å². The van der Waals surface area contributed by atoms with E-state index in [1.807, 2.05) is 35.2 Å². The molecule has 2 bridgehead atoms. The first kappa shape index (κ1) is 32.8. The van der Waals surface area contributed by atoms with Crippen molar-refractivity contribution in [1.82, 2.24) is 14.7 Å². The molecule has 0 aromatic heterocycles. The fraction of sp³-hybridized carbons (Fsp3) is 0.606. The first-order valence-electron chi connectivity index (χ1n) is 14.7. The van der Waals surface area contributed by atoms with Crippen molar-refractivity contribution in [3.05, 3.63) is 61.2 Å². The van der Waals surface area contributed by atoms with E-state index in [1.165, 1.54) is 0 Å². The number of thioether (sulfide) groups is 1. The molecule has 1 aromatic rings. The molecule has 0 saturated carbocycles. The Morgan fingerprint density at radius 3 is 2.31 bits per heavy atom. The van der Waals surface area contributed by atoms with Gasteiger partial charge in [0.15, 0.2) is 0 Å². The summed E-state index contributed by atoms with van der Waals surface area (Å²) < 4.78 is -0.818. The molecule has 0 aliphatic carbocycles. The number of fused-ring (bicyclic) bond motifs is 1. The number of benzene rings is 1. The van der Waals surface area contributed by atoms with Crippen LogP contribution in [0.5, 0.6) is 0 Å². The molecular formula is C33H46BrN3O4S. The molecule has 3 aliphatic rings. The van der Waals surface area contributed by atoms with Crippen molar-refractivity contribution in [2.45, 2.75) is 79.9 Å². The van der Waals surface area contributed by atoms with Gasteiger partial charge in [-0.2, -0.15) is 0 Å². The number of carbonyl (C=O) groups excluding carboxylic acids is 3. The van der Waals surface area contributed by atoms with Gasteiger partial charge in [-0.1, -0.05) is 79.2 Å². The Morgan fingerprint density at radius 1 is 1.14 bits per heavy atom. The Morgan fingerprint density at radius 2 is 1.76 bits per heavy atom. The van der Waals surface area contributed by atoms with Crippen LogP contribution < -0.4 is 0 Å². The normalized spacial score (nSPS) is 29.3. The molecule has 3 heterocycles. The van der Waals surface area contributed by atoms with Gasteiger partial charge in [0, 0.05) is 35.8 Å². The van der Waals surface area contributed by atoms with Crippen LogP contribution in [-0.4, -0.2) is 90.7 Å². The molecule has 1 N–H and O–H groups in total. The minimum Gasteiger partial charge on any atom is -0.394 e. The number of carbonyl (C=O) groups is 3. The summed E-state index contributed by atoms with van der Waals surface area (Å²) in [7, 11) is 1.73. The van der Waals surface area contributed by atoms with E-state index in [1.54, 1.807) is 40.8 Å². The van der Waals surface area contributed by atoms with Crippen molar-refractivity contribution in [3.8, 4) is 0 Å². The molecule has 3 fully saturated rings. The number of hydrogen-bond donors (Lipinski definition) is 1. The van der Waals surface area contributed by atoms with Crippen LogP contribution >= 0.6 is 27.7 Å². The van der Waals surface area contributed by atoms with Gasteiger partial charge in [0.25, 0.3) is 0 Å². The topological polar surface area (TPSA) is 81.2 Å². The monoisotopic (exact) mass is 659 g/mol. The van der Waals surface area contributed by atoms with Gasteiger partial charge in [-0.05, 0) is 37.7 Å². The van der Waals surface area contributed by atoms with Crippen molar-refractivity contribution in [3.63, 3.8) is 0 Å². The van der Waals surface area contributed by atoms with E-state index in [-0.39, 0.29) is 39.8 Å².